The number of hydrogen-bond donors (Lipinski definition) is 0. The quantitative estimate of drug-likeness (QED) is 0.859. The van der Waals surface area contributed by atoms with Crippen molar-refractivity contribution in [3.63, 3.8) is 0 Å². The number of amides is 1. The van der Waals surface area contributed by atoms with Crippen LogP contribution >= 0.6 is 11.6 Å². The van der Waals surface area contributed by atoms with E-state index in [0.29, 0.717) is 31.3 Å². The number of hydrogen-bond acceptors (Lipinski definition) is 4. The van der Waals surface area contributed by atoms with Gasteiger partial charge in [-0.25, -0.2) is 4.68 Å². The minimum atomic E-state index is -0.648. The minimum absolute atomic E-state index is 0.0846. The van der Waals surface area contributed by atoms with E-state index in [9.17, 15) is 4.79 Å². The number of ether oxygens (including phenoxy) is 2. The topological polar surface area (TPSA) is 56.6 Å². The van der Waals surface area contributed by atoms with Gasteiger partial charge < -0.3 is 14.4 Å². The van der Waals surface area contributed by atoms with Gasteiger partial charge in [-0.1, -0.05) is 29.8 Å². The minimum Gasteiger partial charge on any atom is -0.462 e. The molecule has 1 amide bonds. The molecular weight excluding hydrogens is 318 g/mol. The summed E-state index contributed by atoms with van der Waals surface area (Å²) in [7, 11) is 0. The monoisotopic (exact) mass is 335 g/mol. The van der Waals surface area contributed by atoms with Crippen LogP contribution in [0.5, 0.6) is 5.88 Å². The van der Waals surface area contributed by atoms with E-state index in [2.05, 4.69) is 5.10 Å². The Kier molecular flexibility index (Phi) is 4.83. The molecule has 1 saturated heterocycles. The van der Waals surface area contributed by atoms with Gasteiger partial charge in [-0.2, -0.15) is 0 Å². The summed E-state index contributed by atoms with van der Waals surface area (Å²) in [6.45, 7) is 3.98. The van der Waals surface area contributed by atoms with Crippen LogP contribution in [0.1, 0.15) is 6.92 Å². The average Bonchev–Trinajstić information content (AvgIpc) is 2.96. The van der Waals surface area contributed by atoms with Crippen molar-refractivity contribution in [1.29, 1.82) is 0 Å². The Balaban J connectivity index is 1.70. The summed E-state index contributed by atoms with van der Waals surface area (Å²) in [5.74, 6) is 0.170. The molecule has 1 aromatic carbocycles. The molecule has 1 fully saturated rings. The highest BCUT2D eigenvalue weighted by atomic mass is 35.5. The Hall–Kier alpha value is -2.05. The number of carbonyl (C=O) groups excluding carboxylic acids is 1. The van der Waals surface area contributed by atoms with Crippen LogP contribution in [0.2, 0.25) is 5.02 Å². The van der Waals surface area contributed by atoms with E-state index in [1.54, 1.807) is 22.7 Å². The van der Waals surface area contributed by atoms with E-state index in [0.717, 1.165) is 5.69 Å². The van der Waals surface area contributed by atoms with Gasteiger partial charge in [0.25, 0.3) is 11.8 Å². The van der Waals surface area contributed by atoms with Crippen LogP contribution < -0.4 is 4.74 Å². The number of rotatable bonds is 4. The van der Waals surface area contributed by atoms with E-state index in [1.165, 1.54) is 0 Å². The molecule has 0 bridgehead atoms. The summed E-state index contributed by atoms with van der Waals surface area (Å²) in [5.41, 5.74) is 0.872. The predicted molar refractivity (Wildman–Crippen MR) is 86.1 cm³/mol. The summed E-state index contributed by atoms with van der Waals surface area (Å²) in [4.78, 5) is 14.1. The highest BCUT2D eigenvalue weighted by Crippen LogP contribution is 2.25. The molecule has 3 rings (SSSR count). The fraction of sp³-hybridized carbons (Fsp3) is 0.375. The first-order valence-electron chi connectivity index (χ1n) is 7.49. The zero-order chi connectivity index (χ0) is 16.2. The zero-order valence-corrected chi connectivity index (χ0v) is 13.6. The number of para-hydroxylation sites is 1. The van der Waals surface area contributed by atoms with Crippen LogP contribution in [0.4, 0.5) is 0 Å². The van der Waals surface area contributed by atoms with Crippen LogP contribution in [0.25, 0.3) is 5.69 Å². The van der Waals surface area contributed by atoms with Gasteiger partial charge in [0.15, 0.2) is 6.10 Å². The third-order valence-corrected chi connectivity index (χ3v) is 3.88. The van der Waals surface area contributed by atoms with Crippen molar-refractivity contribution < 1.29 is 14.3 Å². The van der Waals surface area contributed by atoms with Crippen LogP contribution in [0, 0.1) is 0 Å². The molecule has 0 radical (unpaired) electrons. The molecule has 0 N–H and O–H groups in total. The van der Waals surface area contributed by atoms with Gasteiger partial charge in [0.2, 0.25) is 0 Å². The molecule has 0 saturated carbocycles. The summed E-state index contributed by atoms with van der Waals surface area (Å²) in [5, 5.41) is 4.69. The Morgan fingerprint density at radius 3 is 2.70 bits per heavy atom. The molecule has 122 valence electrons. The van der Waals surface area contributed by atoms with Crippen molar-refractivity contribution in [1.82, 2.24) is 14.7 Å². The lowest BCUT2D eigenvalue weighted by Crippen LogP contribution is -2.46. The van der Waals surface area contributed by atoms with Crippen molar-refractivity contribution >= 4 is 17.5 Å². The molecule has 1 aliphatic rings. The number of morpholine rings is 1. The van der Waals surface area contributed by atoms with Gasteiger partial charge in [-0.15, -0.1) is 5.10 Å². The van der Waals surface area contributed by atoms with Crippen LogP contribution in [-0.4, -0.2) is 53.0 Å². The van der Waals surface area contributed by atoms with Gasteiger partial charge in [0.1, 0.15) is 5.02 Å². The van der Waals surface area contributed by atoms with Crippen LogP contribution in [0.3, 0.4) is 0 Å². The smallest absolute Gasteiger partial charge is 0.263 e. The van der Waals surface area contributed by atoms with Gasteiger partial charge in [-0.3, -0.25) is 4.79 Å². The summed E-state index contributed by atoms with van der Waals surface area (Å²) in [6, 6.07) is 9.58. The first-order valence-corrected chi connectivity index (χ1v) is 7.87. The number of carbonyl (C=O) groups is 1. The SMILES string of the molecule is CC(Oc1nn(-c2ccccc2)cc1Cl)C(=O)N1CCOCC1. The third kappa shape index (κ3) is 3.65. The first kappa shape index (κ1) is 15.8. The molecule has 7 heteroatoms. The molecule has 0 aliphatic carbocycles. The standard InChI is InChI=1S/C16H18ClN3O3/c1-12(16(21)19-7-9-22-10-8-19)23-15-14(17)11-20(18-15)13-5-3-2-4-6-13/h2-6,11-12H,7-10H2,1H3. The number of nitrogens with zero attached hydrogens (tertiary/aromatic N) is 3. The molecule has 2 aromatic rings. The average molecular weight is 336 g/mol. The fourth-order valence-corrected chi connectivity index (χ4v) is 2.56. The molecule has 1 aliphatic heterocycles. The summed E-state index contributed by atoms with van der Waals surface area (Å²) < 4.78 is 12.5. The fourth-order valence-electron chi connectivity index (χ4n) is 2.39. The van der Waals surface area contributed by atoms with Crippen molar-refractivity contribution in [3.05, 3.63) is 41.6 Å². The van der Waals surface area contributed by atoms with Crippen LogP contribution in [0.15, 0.2) is 36.5 Å². The maximum absolute atomic E-state index is 12.4. The molecule has 1 unspecified atom stereocenters. The Morgan fingerprint density at radius 2 is 2.00 bits per heavy atom. The maximum atomic E-state index is 12.4. The molecular formula is C16H18ClN3O3. The largest absolute Gasteiger partial charge is 0.462 e. The van der Waals surface area contributed by atoms with E-state index < -0.39 is 6.10 Å². The first-order chi connectivity index (χ1) is 11.1. The van der Waals surface area contributed by atoms with Crippen molar-refractivity contribution in [2.24, 2.45) is 0 Å². The van der Waals surface area contributed by atoms with Gasteiger partial charge in [0, 0.05) is 13.1 Å². The van der Waals surface area contributed by atoms with Crippen LogP contribution in [-0.2, 0) is 9.53 Å². The normalized spacial score (nSPS) is 16.2. The second kappa shape index (κ2) is 7.02. The number of halogens is 1. The predicted octanol–water partition coefficient (Wildman–Crippen LogP) is 2.15. The van der Waals surface area contributed by atoms with Crippen molar-refractivity contribution in [2.75, 3.05) is 26.3 Å². The van der Waals surface area contributed by atoms with Gasteiger partial charge in [0.05, 0.1) is 25.1 Å². The Bertz CT molecular complexity index is 668. The zero-order valence-electron chi connectivity index (χ0n) is 12.8. The van der Waals surface area contributed by atoms with Crippen molar-refractivity contribution in [3.8, 4) is 11.6 Å². The lowest BCUT2D eigenvalue weighted by Gasteiger charge is -2.28. The highest BCUT2D eigenvalue weighted by Gasteiger charge is 2.25. The molecule has 1 aromatic heterocycles. The van der Waals surface area contributed by atoms with E-state index in [4.69, 9.17) is 21.1 Å². The molecule has 6 nitrogen and oxygen atoms in total. The van der Waals surface area contributed by atoms with Crippen molar-refractivity contribution in [2.45, 2.75) is 13.0 Å². The maximum Gasteiger partial charge on any atom is 0.263 e. The molecule has 2 heterocycles. The third-order valence-electron chi connectivity index (χ3n) is 3.62. The van der Waals surface area contributed by atoms with Gasteiger partial charge >= 0.3 is 0 Å². The number of aromatic nitrogens is 2. The molecule has 1 atom stereocenters. The lowest BCUT2D eigenvalue weighted by molar-refractivity contribution is -0.142. The van der Waals surface area contributed by atoms with Gasteiger partial charge in [-0.05, 0) is 19.1 Å². The molecule has 0 spiro atoms. The second-order valence-electron chi connectivity index (χ2n) is 5.26. The van der Waals surface area contributed by atoms with E-state index in [-0.39, 0.29) is 11.8 Å². The highest BCUT2D eigenvalue weighted by molar-refractivity contribution is 6.31. The Morgan fingerprint density at radius 1 is 1.30 bits per heavy atom. The summed E-state index contributed by atoms with van der Waals surface area (Å²) in [6.07, 6.45) is 1.02. The number of benzene rings is 1. The molecule has 23 heavy (non-hydrogen) atoms. The van der Waals surface area contributed by atoms with E-state index in [1.807, 2.05) is 30.3 Å². The van der Waals surface area contributed by atoms with E-state index >= 15 is 0 Å². The Labute approximate surface area is 139 Å². The lowest BCUT2D eigenvalue weighted by atomic mass is 10.3. The summed E-state index contributed by atoms with van der Waals surface area (Å²) >= 11 is 6.18. The second-order valence-corrected chi connectivity index (χ2v) is 5.67.